The summed E-state index contributed by atoms with van der Waals surface area (Å²) >= 11 is 0. The smallest absolute Gasteiger partial charge is 0.330 e. The summed E-state index contributed by atoms with van der Waals surface area (Å²) in [5.41, 5.74) is 0. The van der Waals surface area contributed by atoms with E-state index < -0.39 is 5.97 Å². The van der Waals surface area contributed by atoms with Crippen LogP contribution in [0.3, 0.4) is 0 Å². The van der Waals surface area contributed by atoms with Crippen molar-refractivity contribution >= 4 is 11.8 Å². The second kappa shape index (κ2) is 17.9. The molecule has 0 saturated heterocycles. The van der Waals surface area contributed by atoms with Gasteiger partial charge in [-0.15, -0.1) is 0 Å². The maximum Gasteiger partial charge on any atom is 0.330 e. The van der Waals surface area contributed by atoms with E-state index in [1.807, 2.05) is 0 Å². The molecule has 28 heavy (non-hydrogen) atoms. The Balaban J connectivity index is 3.71. The lowest BCUT2D eigenvalue weighted by Gasteiger charge is -2.35. The predicted molar refractivity (Wildman–Crippen MR) is 118 cm³/mol. The van der Waals surface area contributed by atoms with Crippen molar-refractivity contribution in [3.8, 4) is 0 Å². The van der Waals surface area contributed by atoms with Gasteiger partial charge in [0.1, 0.15) is 0 Å². The van der Waals surface area contributed by atoms with Crippen LogP contribution in [-0.2, 0) is 14.3 Å². The molecule has 0 aliphatic carbocycles. The molecule has 0 aromatic heterocycles. The number of ketones is 1. The number of unbranched alkanes of at least 4 members (excludes halogenated alkanes) is 9. The first-order valence-corrected chi connectivity index (χ1v) is 11.8. The molecule has 0 amide bonds. The third-order valence-corrected chi connectivity index (χ3v) is 5.99. The topological polar surface area (TPSA) is 43.4 Å². The van der Waals surface area contributed by atoms with Crippen molar-refractivity contribution in [2.75, 3.05) is 32.8 Å². The Morgan fingerprint density at radius 1 is 0.714 bits per heavy atom. The van der Waals surface area contributed by atoms with Crippen molar-refractivity contribution < 1.29 is 18.8 Å². The number of hydrogen-bond donors (Lipinski definition) is 0. The lowest BCUT2D eigenvalue weighted by Crippen LogP contribution is -2.48. The SMILES string of the molecule is CCCCCCCCCCCCOC(=O)/C=C\C(=O)CC[N+](CC)(CC)CC. The molecule has 0 atom stereocenters. The molecule has 0 bridgehead atoms. The minimum absolute atomic E-state index is 0.00809. The summed E-state index contributed by atoms with van der Waals surface area (Å²) in [5.74, 6) is -0.389. The molecule has 0 saturated carbocycles. The Kier molecular flexibility index (Phi) is 17.2. The Hall–Kier alpha value is -1.16. The summed E-state index contributed by atoms with van der Waals surface area (Å²) in [6, 6.07) is 0. The monoisotopic (exact) mass is 396 g/mol. The van der Waals surface area contributed by atoms with Crippen molar-refractivity contribution in [3.63, 3.8) is 0 Å². The fraction of sp³-hybridized carbons (Fsp3) is 0.833. The van der Waals surface area contributed by atoms with Crippen LogP contribution >= 0.6 is 0 Å². The molecule has 0 heterocycles. The lowest BCUT2D eigenvalue weighted by atomic mass is 10.1. The quantitative estimate of drug-likeness (QED) is 0.119. The number of esters is 1. The van der Waals surface area contributed by atoms with Gasteiger partial charge in [-0.2, -0.15) is 0 Å². The van der Waals surface area contributed by atoms with Crippen molar-refractivity contribution in [2.45, 2.75) is 98.3 Å². The largest absolute Gasteiger partial charge is 0.463 e. The molecule has 4 heteroatoms. The molecule has 0 aromatic carbocycles. The summed E-state index contributed by atoms with van der Waals surface area (Å²) < 4.78 is 6.14. The van der Waals surface area contributed by atoms with Crippen molar-refractivity contribution in [1.82, 2.24) is 0 Å². The highest BCUT2D eigenvalue weighted by molar-refractivity contribution is 5.95. The number of carbonyl (C=O) groups excluding carboxylic acids is 2. The van der Waals surface area contributed by atoms with E-state index in [0.717, 1.165) is 43.5 Å². The minimum atomic E-state index is -0.397. The number of ether oxygens (including phenoxy) is 1. The summed E-state index contributed by atoms with van der Waals surface area (Å²) in [5, 5.41) is 0. The summed E-state index contributed by atoms with van der Waals surface area (Å²) in [7, 11) is 0. The van der Waals surface area contributed by atoms with Crippen LogP contribution in [0.15, 0.2) is 12.2 Å². The van der Waals surface area contributed by atoms with Crippen LogP contribution in [0.2, 0.25) is 0 Å². The van der Waals surface area contributed by atoms with E-state index in [2.05, 4.69) is 27.7 Å². The first kappa shape index (κ1) is 26.8. The fourth-order valence-corrected chi connectivity index (χ4v) is 3.55. The Morgan fingerprint density at radius 2 is 1.21 bits per heavy atom. The number of rotatable bonds is 19. The molecular formula is C24H46NO3+. The van der Waals surface area contributed by atoms with Crippen molar-refractivity contribution in [2.24, 2.45) is 0 Å². The summed E-state index contributed by atoms with van der Waals surface area (Å²) in [6.45, 7) is 13.1. The summed E-state index contributed by atoms with van der Waals surface area (Å²) in [4.78, 5) is 23.7. The lowest BCUT2D eigenvalue weighted by molar-refractivity contribution is -0.922. The van der Waals surface area contributed by atoms with Gasteiger partial charge in [-0.25, -0.2) is 4.79 Å². The zero-order chi connectivity index (χ0) is 21.1. The molecule has 0 unspecified atom stereocenters. The molecule has 0 spiro atoms. The van der Waals surface area contributed by atoms with E-state index in [4.69, 9.17) is 4.74 Å². The number of hydrogen-bond acceptors (Lipinski definition) is 3. The maximum atomic E-state index is 12.0. The van der Waals surface area contributed by atoms with Crippen molar-refractivity contribution in [3.05, 3.63) is 12.2 Å². The van der Waals surface area contributed by atoms with Crippen LogP contribution in [0.4, 0.5) is 0 Å². The third kappa shape index (κ3) is 13.9. The first-order valence-electron chi connectivity index (χ1n) is 11.8. The zero-order valence-electron chi connectivity index (χ0n) is 19.1. The fourth-order valence-electron chi connectivity index (χ4n) is 3.55. The van der Waals surface area contributed by atoms with Gasteiger partial charge >= 0.3 is 5.97 Å². The number of allylic oxidation sites excluding steroid dienone is 1. The van der Waals surface area contributed by atoms with E-state index in [1.54, 1.807) is 0 Å². The van der Waals surface area contributed by atoms with Gasteiger partial charge in [0, 0.05) is 6.08 Å². The molecular weight excluding hydrogens is 350 g/mol. The van der Waals surface area contributed by atoms with Crippen LogP contribution in [0, 0.1) is 0 Å². The Labute approximate surface area is 174 Å². The minimum Gasteiger partial charge on any atom is -0.463 e. The van der Waals surface area contributed by atoms with Gasteiger partial charge in [0.15, 0.2) is 5.78 Å². The molecule has 0 aliphatic rings. The molecule has 0 aromatic rings. The van der Waals surface area contributed by atoms with Gasteiger partial charge in [0.25, 0.3) is 0 Å². The van der Waals surface area contributed by atoms with Crippen LogP contribution in [0.25, 0.3) is 0 Å². The highest BCUT2D eigenvalue weighted by Crippen LogP contribution is 2.10. The second-order valence-corrected chi connectivity index (χ2v) is 7.91. The Morgan fingerprint density at radius 3 is 1.71 bits per heavy atom. The molecule has 4 nitrogen and oxygen atoms in total. The number of nitrogens with zero attached hydrogens (tertiary/aromatic N) is 1. The van der Waals surface area contributed by atoms with Gasteiger partial charge in [-0.05, 0) is 33.3 Å². The molecule has 0 aliphatic heterocycles. The molecule has 0 rings (SSSR count). The van der Waals surface area contributed by atoms with Gasteiger partial charge in [0.05, 0.1) is 39.2 Å². The molecule has 0 radical (unpaired) electrons. The highest BCUT2D eigenvalue weighted by Gasteiger charge is 2.21. The van der Waals surface area contributed by atoms with E-state index in [-0.39, 0.29) is 5.78 Å². The number of carbonyl (C=O) groups is 2. The number of quaternary nitrogens is 1. The average molecular weight is 397 g/mol. The van der Waals surface area contributed by atoms with Crippen molar-refractivity contribution in [1.29, 1.82) is 0 Å². The van der Waals surface area contributed by atoms with Crippen LogP contribution < -0.4 is 0 Å². The third-order valence-electron chi connectivity index (χ3n) is 5.99. The normalized spacial score (nSPS) is 11.9. The van der Waals surface area contributed by atoms with E-state index in [9.17, 15) is 9.59 Å². The predicted octanol–water partition coefficient (Wildman–Crippen LogP) is 5.84. The Bertz CT molecular complexity index is 419. The molecule has 0 fully saturated rings. The molecule has 0 N–H and O–H groups in total. The average Bonchev–Trinajstić information content (AvgIpc) is 2.72. The van der Waals surface area contributed by atoms with Crippen LogP contribution in [-0.4, -0.2) is 49.0 Å². The van der Waals surface area contributed by atoms with E-state index >= 15 is 0 Å². The summed E-state index contributed by atoms with van der Waals surface area (Å²) in [6.07, 6.45) is 15.7. The standard InChI is InChI=1S/C24H46NO3/c1-5-9-10-11-12-13-14-15-16-17-22-28-24(27)19-18-23(26)20-21-25(6-2,7-3)8-4/h18-19H,5-17,20-22H2,1-4H3/q+1/b19-18-. The van der Waals surface area contributed by atoms with E-state index in [0.29, 0.717) is 13.0 Å². The second-order valence-electron chi connectivity index (χ2n) is 7.91. The van der Waals surface area contributed by atoms with Crippen LogP contribution in [0.5, 0.6) is 0 Å². The van der Waals surface area contributed by atoms with Crippen LogP contribution in [0.1, 0.15) is 98.3 Å². The zero-order valence-corrected chi connectivity index (χ0v) is 19.1. The van der Waals surface area contributed by atoms with Gasteiger partial charge in [-0.3, -0.25) is 4.79 Å². The van der Waals surface area contributed by atoms with Gasteiger partial charge in [-0.1, -0.05) is 64.7 Å². The highest BCUT2D eigenvalue weighted by atomic mass is 16.5. The maximum absolute atomic E-state index is 12.0. The first-order chi connectivity index (χ1) is 13.5. The molecule has 164 valence electrons. The van der Waals surface area contributed by atoms with Gasteiger partial charge < -0.3 is 9.22 Å². The van der Waals surface area contributed by atoms with E-state index in [1.165, 1.54) is 63.5 Å². The van der Waals surface area contributed by atoms with Gasteiger partial charge in [0.2, 0.25) is 0 Å².